The molecule has 0 radical (unpaired) electrons. The van der Waals surface area contributed by atoms with Crippen LogP contribution in [-0.2, 0) is 15.8 Å². The van der Waals surface area contributed by atoms with E-state index in [1.165, 1.54) is 27.6 Å². The monoisotopic (exact) mass is 692 g/mol. The minimum absolute atomic E-state index is 0.0890. The lowest BCUT2D eigenvalue weighted by Gasteiger charge is -2.39. The highest BCUT2D eigenvalue weighted by molar-refractivity contribution is 6.08. The van der Waals surface area contributed by atoms with Crippen LogP contribution in [0.15, 0.2) is 103 Å². The fourth-order valence-electron chi connectivity index (χ4n) is 8.79. The van der Waals surface area contributed by atoms with Gasteiger partial charge in [0.1, 0.15) is 5.75 Å². The van der Waals surface area contributed by atoms with Gasteiger partial charge < -0.3 is 19.2 Å². The van der Waals surface area contributed by atoms with Gasteiger partial charge in [0.15, 0.2) is 11.7 Å². The summed E-state index contributed by atoms with van der Waals surface area (Å²) in [4.78, 5) is 18.2. The van der Waals surface area contributed by atoms with E-state index in [0.717, 1.165) is 59.4 Å². The molecule has 6 aromatic rings. The first-order chi connectivity index (χ1) is 26.0. The van der Waals surface area contributed by atoms with Crippen molar-refractivity contribution in [1.82, 2.24) is 15.0 Å². The number of anilines is 1. The van der Waals surface area contributed by atoms with Crippen molar-refractivity contribution in [2.45, 2.75) is 37.7 Å². The molecular formula is C45H36N6O2. The van der Waals surface area contributed by atoms with Gasteiger partial charge in [-0.1, -0.05) is 92.7 Å². The summed E-state index contributed by atoms with van der Waals surface area (Å²) in [5, 5.41) is 11.8. The molecule has 2 aliphatic heterocycles. The van der Waals surface area contributed by atoms with Crippen LogP contribution < -0.4 is 9.64 Å². The van der Waals surface area contributed by atoms with Gasteiger partial charge >= 0.3 is 5.95 Å². The van der Waals surface area contributed by atoms with E-state index in [1.54, 1.807) is 0 Å². The molecule has 1 fully saturated rings. The third-order valence-corrected chi connectivity index (χ3v) is 11.4. The normalized spacial score (nSPS) is 18.0. The number of hydrogen-bond acceptors (Lipinski definition) is 7. The molecule has 8 nitrogen and oxygen atoms in total. The number of morpholine rings is 1. The molecule has 0 saturated carbocycles. The summed E-state index contributed by atoms with van der Waals surface area (Å²) in [6, 6.07) is 36.1. The molecule has 8 heteroatoms. The van der Waals surface area contributed by atoms with E-state index in [-0.39, 0.29) is 23.0 Å². The maximum Gasteiger partial charge on any atom is 0.376 e. The maximum absolute atomic E-state index is 9.50. The summed E-state index contributed by atoms with van der Waals surface area (Å²) in [7, 11) is 0. The molecule has 1 unspecified atom stereocenters. The van der Waals surface area contributed by atoms with Gasteiger partial charge in [-0.3, -0.25) is 0 Å². The first kappa shape index (κ1) is 32.6. The molecule has 1 atom stereocenters. The topological polar surface area (TPSA) is 88.5 Å². The molecule has 5 aromatic carbocycles. The molecule has 53 heavy (non-hydrogen) atoms. The van der Waals surface area contributed by atoms with Crippen molar-refractivity contribution in [2.75, 3.05) is 31.2 Å². The highest BCUT2D eigenvalue weighted by Gasteiger charge is 2.46. The molecule has 3 heterocycles. The molecule has 1 aromatic heterocycles. The summed E-state index contributed by atoms with van der Waals surface area (Å²) in [5.74, 6) is 0.952. The van der Waals surface area contributed by atoms with Gasteiger partial charge in [-0.15, -0.1) is 16.5 Å². The van der Waals surface area contributed by atoms with Crippen LogP contribution >= 0.6 is 0 Å². The Kier molecular flexibility index (Phi) is 7.80. The Balaban J connectivity index is 1.25. The number of rotatable bonds is 6. The minimum Gasteiger partial charge on any atom is -0.472 e. The number of nitrogens with zero attached hydrogens (tertiary/aromatic N) is 6. The summed E-state index contributed by atoms with van der Waals surface area (Å²) < 4.78 is 13.2. The average Bonchev–Trinajstić information content (AvgIpc) is 3.54. The largest absolute Gasteiger partial charge is 0.472 e. The van der Waals surface area contributed by atoms with Gasteiger partial charge in [-0.25, -0.2) is 0 Å². The van der Waals surface area contributed by atoms with Crippen LogP contribution in [0.2, 0.25) is 0 Å². The van der Waals surface area contributed by atoms with Crippen LogP contribution in [0.4, 0.5) is 11.6 Å². The van der Waals surface area contributed by atoms with Crippen LogP contribution in [0, 0.1) is 17.9 Å². The summed E-state index contributed by atoms with van der Waals surface area (Å²) in [6.07, 6.45) is 6.46. The summed E-state index contributed by atoms with van der Waals surface area (Å²) >= 11 is 0. The Labute approximate surface area is 308 Å². The van der Waals surface area contributed by atoms with Gasteiger partial charge in [0.2, 0.25) is 5.82 Å². The van der Waals surface area contributed by atoms with E-state index in [4.69, 9.17) is 16.0 Å². The number of hydrogen-bond donors (Lipinski definition) is 0. The van der Waals surface area contributed by atoms with Gasteiger partial charge in [0, 0.05) is 51.8 Å². The highest BCUT2D eigenvalue weighted by atomic mass is 16.5. The lowest BCUT2D eigenvalue weighted by Crippen LogP contribution is -2.37. The molecule has 1 saturated heterocycles. The van der Waals surface area contributed by atoms with Crippen molar-refractivity contribution >= 4 is 28.5 Å². The molecule has 0 spiro atoms. The lowest BCUT2D eigenvalue weighted by atomic mass is 9.71. The number of aromatic nitrogens is 3. The number of fused-ring (bicyclic) bond motifs is 8. The molecule has 9 rings (SSSR count). The predicted octanol–water partition coefficient (Wildman–Crippen LogP) is 9.39. The second kappa shape index (κ2) is 12.7. The smallest absolute Gasteiger partial charge is 0.376 e. The molecule has 258 valence electrons. The fraction of sp³-hybridized carbons (Fsp3) is 0.222. The Bertz CT molecular complexity index is 2490. The average molecular weight is 693 g/mol. The number of ether oxygens (including phenoxy) is 2. The molecule has 3 aliphatic rings. The molecule has 1 aliphatic carbocycles. The van der Waals surface area contributed by atoms with Crippen LogP contribution in [0.1, 0.15) is 60.3 Å². The van der Waals surface area contributed by atoms with E-state index >= 15 is 0 Å². The van der Waals surface area contributed by atoms with Gasteiger partial charge in [0.25, 0.3) is 5.82 Å². The van der Waals surface area contributed by atoms with Crippen molar-refractivity contribution < 1.29 is 9.47 Å². The Hall–Kier alpha value is -6.35. The number of nitriles is 1. The molecule has 0 N–H and O–H groups in total. The zero-order valence-corrected chi connectivity index (χ0v) is 29.6. The predicted molar refractivity (Wildman–Crippen MR) is 207 cm³/mol. The zero-order chi connectivity index (χ0) is 36.2. The quantitative estimate of drug-likeness (QED) is 0.161. The van der Waals surface area contributed by atoms with Gasteiger partial charge in [-0.2, -0.15) is 10.2 Å². The maximum atomic E-state index is 9.50. The standard InChI is InChI=1S/C45H36N6O2/c1-4-44(5-2)37-13-9-8-12-35(37)39-33-10-6-7-11-34(33)41-36(40(39)44)22-23-45(53-41,31-18-20-32(21-19-31)51-24-26-52-27-25-51)30-16-14-29(15-17-30)42-48-38(28-46)49-43(47-3)50-42/h6-23H,4-5,24-27H2,1-2H3. The SMILES string of the molecule is [C-]#[N+]c1nc(C#N)nc(-c2ccc(C3(c4ccc(N5CCOCC5)cc4)C=Cc4c5c(c6ccccc6c4O3)-c3ccccc3C5(CC)CC)cc2)n1. The van der Waals surface area contributed by atoms with E-state index < -0.39 is 5.60 Å². The fourth-order valence-corrected chi connectivity index (χ4v) is 8.79. The van der Waals surface area contributed by atoms with Crippen molar-refractivity contribution in [1.29, 1.82) is 5.26 Å². The first-order valence-electron chi connectivity index (χ1n) is 18.2. The van der Waals surface area contributed by atoms with Crippen LogP contribution in [0.3, 0.4) is 0 Å². The van der Waals surface area contributed by atoms with Crippen LogP contribution in [0.5, 0.6) is 5.75 Å². The second-order valence-electron chi connectivity index (χ2n) is 13.8. The van der Waals surface area contributed by atoms with Crippen LogP contribution in [-0.4, -0.2) is 41.3 Å². The van der Waals surface area contributed by atoms with Gasteiger partial charge in [0.05, 0.1) is 13.2 Å². The summed E-state index contributed by atoms with van der Waals surface area (Å²) in [5.41, 5.74) is 9.11. The van der Waals surface area contributed by atoms with Crippen molar-refractivity contribution in [2.24, 2.45) is 0 Å². The second-order valence-corrected chi connectivity index (χ2v) is 13.8. The van der Waals surface area contributed by atoms with Crippen molar-refractivity contribution in [3.63, 3.8) is 0 Å². The zero-order valence-electron chi connectivity index (χ0n) is 29.6. The lowest BCUT2D eigenvalue weighted by molar-refractivity contribution is 0.122. The molecule has 0 bridgehead atoms. The first-order valence-corrected chi connectivity index (χ1v) is 18.2. The van der Waals surface area contributed by atoms with E-state index in [0.29, 0.717) is 18.8 Å². The summed E-state index contributed by atoms with van der Waals surface area (Å²) in [6.45, 7) is 15.2. The third-order valence-electron chi connectivity index (χ3n) is 11.4. The Morgan fingerprint density at radius 1 is 0.830 bits per heavy atom. The third kappa shape index (κ3) is 4.94. The van der Waals surface area contributed by atoms with Crippen molar-refractivity contribution in [3.8, 4) is 34.3 Å². The van der Waals surface area contributed by atoms with E-state index in [9.17, 15) is 5.26 Å². The van der Waals surface area contributed by atoms with E-state index in [2.05, 4.69) is 123 Å². The number of benzene rings is 5. The molecule has 0 amide bonds. The van der Waals surface area contributed by atoms with Crippen molar-refractivity contribution in [3.05, 3.63) is 148 Å². The Morgan fingerprint density at radius 2 is 1.51 bits per heavy atom. The Morgan fingerprint density at radius 3 is 2.21 bits per heavy atom. The highest BCUT2D eigenvalue weighted by Crippen LogP contribution is 2.60. The van der Waals surface area contributed by atoms with Gasteiger partial charge in [-0.05, 0) is 70.8 Å². The van der Waals surface area contributed by atoms with Crippen LogP contribution in [0.25, 0.3) is 44.2 Å². The molecular weight excluding hydrogens is 657 g/mol. The minimum atomic E-state index is -0.975. The van der Waals surface area contributed by atoms with E-state index in [1.807, 2.05) is 30.3 Å².